The molecule has 0 radical (unpaired) electrons. The topological polar surface area (TPSA) is 67.2 Å². The predicted molar refractivity (Wildman–Crippen MR) is 155 cm³/mol. The number of hydrogen-bond acceptors (Lipinski definition) is 3. The van der Waals surface area contributed by atoms with E-state index in [2.05, 4.69) is 19.2 Å². The van der Waals surface area contributed by atoms with Crippen molar-refractivity contribution < 1.29 is 4.79 Å². The molecular formula is C31H29ClN4O2. The highest BCUT2D eigenvalue weighted by atomic mass is 35.5. The van der Waals surface area contributed by atoms with Crippen molar-refractivity contribution in [2.75, 3.05) is 18.4 Å². The highest BCUT2D eigenvalue weighted by Gasteiger charge is 2.19. The Balaban J connectivity index is 1.50. The molecule has 5 rings (SSSR count). The third-order valence-electron chi connectivity index (χ3n) is 6.41. The number of hydrogen-bond donors (Lipinski definition) is 1. The predicted octanol–water partition coefficient (Wildman–Crippen LogP) is 6.92. The lowest BCUT2D eigenvalue weighted by atomic mass is 10.1. The summed E-state index contributed by atoms with van der Waals surface area (Å²) in [5.74, 6) is 0.871. The van der Waals surface area contributed by atoms with Crippen LogP contribution in [0.2, 0.25) is 5.02 Å². The number of anilines is 1. The number of carbonyl (C=O) groups excluding carboxylic acids is 1. The van der Waals surface area contributed by atoms with Crippen LogP contribution in [0.4, 0.5) is 10.5 Å². The Labute approximate surface area is 226 Å². The molecule has 0 aliphatic carbocycles. The van der Waals surface area contributed by atoms with Crippen molar-refractivity contribution in [2.24, 2.45) is 5.92 Å². The molecule has 0 aliphatic rings. The molecule has 0 atom stereocenters. The first kappa shape index (κ1) is 25.5. The average Bonchev–Trinajstić information content (AvgIpc) is 2.92. The van der Waals surface area contributed by atoms with Gasteiger partial charge in [-0.15, -0.1) is 0 Å². The van der Waals surface area contributed by atoms with Crippen LogP contribution in [-0.2, 0) is 6.42 Å². The lowest BCUT2D eigenvalue weighted by Gasteiger charge is -2.25. The second kappa shape index (κ2) is 11.1. The van der Waals surface area contributed by atoms with Gasteiger partial charge < -0.3 is 10.2 Å². The van der Waals surface area contributed by atoms with E-state index in [4.69, 9.17) is 16.6 Å². The number of nitrogens with zero attached hydrogens (tertiary/aromatic N) is 3. The maximum atomic E-state index is 13.7. The van der Waals surface area contributed by atoms with Crippen molar-refractivity contribution in [3.63, 3.8) is 0 Å². The second-order valence-corrected chi connectivity index (χ2v) is 10.2. The van der Waals surface area contributed by atoms with Crippen LogP contribution in [0.1, 0.15) is 19.7 Å². The fourth-order valence-electron chi connectivity index (χ4n) is 4.62. The van der Waals surface area contributed by atoms with Crippen LogP contribution in [0.3, 0.4) is 0 Å². The number of nitrogens with one attached hydrogen (secondary N) is 1. The first-order valence-electron chi connectivity index (χ1n) is 12.7. The fraction of sp³-hybridized carbons (Fsp3) is 0.194. The Bertz CT molecular complexity index is 1660. The average molecular weight is 525 g/mol. The van der Waals surface area contributed by atoms with Crippen LogP contribution in [-0.4, -0.2) is 33.6 Å². The molecule has 0 aliphatic heterocycles. The van der Waals surface area contributed by atoms with E-state index >= 15 is 0 Å². The minimum atomic E-state index is -0.207. The van der Waals surface area contributed by atoms with Crippen molar-refractivity contribution in [3.05, 3.63) is 112 Å². The normalized spacial score (nSPS) is 11.3. The van der Waals surface area contributed by atoms with Gasteiger partial charge >= 0.3 is 6.03 Å². The Morgan fingerprint density at radius 2 is 1.66 bits per heavy atom. The molecule has 0 saturated carbocycles. The molecule has 0 fully saturated rings. The number of rotatable bonds is 7. The van der Waals surface area contributed by atoms with Crippen LogP contribution < -0.4 is 10.9 Å². The van der Waals surface area contributed by atoms with E-state index in [-0.39, 0.29) is 17.5 Å². The third-order valence-corrected chi connectivity index (χ3v) is 6.66. The molecule has 38 heavy (non-hydrogen) atoms. The molecule has 0 bridgehead atoms. The van der Waals surface area contributed by atoms with Crippen molar-refractivity contribution in [1.82, 2.24) is 14.5 Å². The fourth-order valence-corrected chi connectivity index (χ4v) is 4.74. The van der Waals surface area contributed by atoms with Crippen molar-refractivity contribution in [2.45, 2.75) is 20.3 Å². The van der Waals surface area contributed by atoms with E-state index in [1.165, 1.54) is 0 Å². The van der Waals surface area contributed by atoms with Gasteiger partial charge in [0.15, 0.2) is 0 Å². The van der Waals surface area contributed by atoms with Gasteiger partial charge in [-0.1, -0.05) is 67.9 Å². The summed E-state index contributed by atoms with van der Waals surface area (Å²) in [4.78, 5) is 33.6. The number of benzene rings is 4. The summed E-state index contributed by atoms with van der Waals surface area (Å²) in [5.41, 5.74) is 1.94. The molecule has 7 heteroatoms. The Kier molecular flexibility index (Phi) is 7.43. The summed E-state index contributed by atoms with van der Waals surface area (Å²) in [6.07, 6.45) is 0.410. The summed E-state index contributed by atoms with van der Waals surface area (Å²) >= 11 is 5.99. The number of carbonyl (C=O) groups is 1. The Hall–Kier alpha value is -4.16. The summed E-state index contributed by atoms with van der Waals surface area (Å²) in [6, 6.07) is 28.2. The van der Waals surface area contributed by atoms with Gasteiger partial charge in [0, 0.05) is 30.2 Å². The Morgan fingerprint density at radius 1 is 0.947 bits per heavy atom. The van der Waals surface area contributed by atoms with Crippen LogP contribution >= 0.6 is 11.6 Å². The summed E-state index contributed by atoms with van der Waals surface area (Å²) in [5, 5.41) is 6.26. The van der Waals surface area contributed by atoms with Gasteiger partial charge in [-0.3, -0.25) is 9.36 Å². The molecule has 5 aromatic rings. The summed E-state index contributed by atoms with van der Waals surface area (Å²) < 4.78 is 1.68. The molecule has 0 saturated heterocycles. The third kappa shape index (κ3) is 5.55. The molecule has 1 heterocycles. The maximum Gasteiger partial charge on any atom is 0.321 e. The lowest BCUT2D eigenvalue weighted by Crippen LogP contribution is -2.39. The standard InChI is InChI=1S/C31H29ClN4O2/c1-21(2)20-35(31(38)33-25-14-12-24(32)13-15-25)18-17-29-34-28-10-6-5-9-27(28)30(37)36(29)26-16-11-22-7-3-4-8-23(22)19-26/h3-16,19,21H,17-18,20H2,1-2H3,(H,33,38). The van der Waals surface area contributed by atoms with Gasteiger partial charge in [-0.25, -0.2) is 9.78 Å². The molecule has 0 unspecified atom stereocenters. The van der Waals surface area contributed by atoms with Crippen molar-refractivity contribution in [1.29, 1.82) is 0 Å². The SMILES string of the molecule is CC(C)CN(CCc1nc2ccccc2c(=O)n1-c1ccc2ccccc2c1)C(=O)Nc1ccc(Cl)cc1. The lowest BCUT2D eigenvalue weighted by molar-refractivity contribution is 0.205. The molecule has 6 nitrogen and oxygen atoms in total. The number of fused-ring (bicyclic) bond motifs is 2. The number of aromatic nitrogens is 2. The quantitative estimate of drug-likeness (QED) is 0.251. The van der Waals surface area contributed by atoms with Gasteiger partial charge in [0.25, 0.3) is 5.56 Å². The van der Waals surface area contributed by atoms with E-state index in [9.17, 15) is 9.59 Å². The Morgan fingerprint density at radius 3 is 2.42 bits per heavy atom. The zero-order chi connectivity index (χ0) is 26.6. The zero-order valence-electron chi connectivity index (χ0n) is 21.4. The molecule has 1 N–H and O–H groups in total. The summed E-state index contributed by atoms with van der Waals surface area (Å²) in [6.45, 7) is 5.10. The first-order valence-corrected chi connectivity index (χ1v) is 13.1. The van der Waals surface area contributed by atoms with Gasteiger partial charge in [-0.05, 0) is 65.2 Å². The number of amides is 2. The zero-order valence-corrected chi connectivity index (χ0v) is 22.2. The van der Waals surface area contributed by atoms with Gasteiger partial charge in [0.2, 0.25) is 0 Å². The summed E-state index contributed by atoms with van der Waals surface area (Å²) in [7, 11) is 0. The van der Waals surface area contributed by atoms with Crippen molar-refractivity contribution >= 4 is 45.0 Å². The largest absolute Gasteiger partial charge is 0.324 e. The van der Waals surface area contributed by atoms with Crippen LogP contribution in [0.25, 0.3) is 27.4 Å². The van der Waals surface area contributed by atoms with Crippen LogP contribution in [0, 0.1) is 5.92 Å². The van der Waals surface area contributed by atoms with E-state index in [0.29, 0.717) is 46.9 Å². The number of halogens is 1. The molecule has 192 valence electrons. The van der Waals surface area contributed by atoms with Gasteiger partial charge in [-0.2, -0.15) is 0 Å². The first-order chi connectivity index (χ1) is 18.4. The van der Waals surface area contributed by atoms with Crippen LogP contribution in [0.15, 0.2) is 95.8 Å². The monoisotopic (exact) mass is 524 g/mol. The van der Waals surface area contributed by atoms with Crippen molar-refractivity contribution in [3.8, 4) is 5.69 Å². The second-order valence-electron chi connectivity index (χ2n) is 9.74. The van der Waals surface area contributed by atoms with E-state index in [1.807, 2.05) is 60.7 Å². The molecule has 2 amide bonds. The van der Waals surface area contributed by atoms with E-state index in [0.717, 1.165) is 16.5 Å². The molecule has 0 spiro atoms. The molecule has 4 aromatic carbocycles. The van der Waals surface area contributed by atoms with E-state index in [1.54, 1.807) is 39.8 Å². The minimum absolute atomic E-state index is 0.123. The molecular weight excluding hydrogens is 496 g/mol. The number of urea groups is 1. The smallest absolute Gasteiger partial charge is 0.321 e. The van der Waals surface area contributed by atoms with E-state index < -0.39 is 0 Å². The number of para-hydroxylation sites is 1. The minimum Gasteiger partial charge on any atom is -0.324 e. The maximum absolute atomic E-state index is 13.7. The highest BCUT2D eigenvalue weighted by Crippen LogP contribution is 2.20. The molecule has 1 aromatic heterocycles. The van der Waals surface area contributed by atoms with Gasteiger partial charge in [0.05, 0.1) is 16.6 Å². The van der Waals surface area contributed by atoms with Gasteiger partial charge in [0.1, 0.15) is 5.82 Å². The van der Waals surface area contributed by atoms with Crippen LogP contribution in [0.5, 0.6) is 0 Å². The highest BCUT2D eigenvalue weighted by molar-refractivity contribution is 6.30.